The molecule has 0 fully saturated rings. The summed E-state index contributed by atoms with van der Waals surface area (Å²) >= 11 is 5.70. The average Bonchev–Trinajstić information content (AvgIpc) is 2.31. The lowest BCUT2D eigenvalue weighted by Crippen LogP contribution is -2.15. The summed E-state index contributed by atoms with van der Waals surface area (Å²) in [6.07, 6.45) is 1.82. The second-order valence-corrected chi connectivity index (χ2v) is 2.89. The molecule has 1 heterocycles. The van der Waals surface area contributed by atoms with Crippen molar-refractivity contribution < 1.29 is 0 Å². The third kappa shape index (κ3) is 2.36. The Morgan fingerprint density at radius 1 is 1.83 bits per heavy atom. The first-order chi connectivity index (χ1) is 5.74. The molecule has 0 spiro atoms. The van der Waals surface area contributed by atoms with Gasteiger partial charge in [-0.2, -0.15) is 5.10 Å². The molecule has 0 unspecified atom stereocenters. The van der Waals surface area contributed by atoms with Gasteiger partial charge in [-0.05, 0) is 6.07 Å². The van der Waals surface area contributed by atoms with Crippen LogP contribution in [0.25, 0.3) is 0 Å². The van der Waals surface area contributed by atoms with Crippen LogP contribution in [0.1, 0.15) is 5.69 Å². The van der Waals surface area contributed by atoms with E-state index in [-0.39, 0.29) is 0 Å². The highest BCUT2D eigenvalue weighted by molar-refractivity contribution is 6.29. The molecule has 0 saturated heterocycles. The molecule has 1 aromatic heterocycles. The van der Waals surface area contributed by atoms with Crippen LogP contribution in [-0.4, -0.2) is 16.3 Å². The predicted octanol–water partition coefficient (Wildman–Crippen LogP) is 1.35. The fourth-order valence-corrected chi connectivity index (χ4v) is 1.17. The molecule has 12 heavy (non-hydrogen) atoms. The van der Waals surface area contributed by atoms with Gasteiger partial charge in [0.2, 0.25) is 0 Å². The van der Waals surface area contributed by atoms with E-state index >= 15 is 0 Å². The Morgan fingerprint density at radius 3 is 3.08 bits per heavy atom. The molecule has 3 nitrogen and oxygen atoms in total. The second kappa shape index (κ2) is 4.28. The monoisotopic (exact) mass is 185 g/mol. The molecule has 1 rings (SSSR count). The molecule has 0 saturated carbocycles. The van der Waals surface area contributed by atoms with Crippen molar-refractivity contribution in [2.45, 2.75) is 6.54 Å². The Hall–Kier alpha value is -0.800. The molecule has 0 bridgehead atoms. The number of rotatable bonds is 4. The Kier molecular flexibility index (Phi) is 3.31. The highest BCUT2D eigenvalue weighted by atomic mass is 35.5. The molecule has 0 aliphatic carbocycles. The first-order valence-electron chi connectivity index (χ1n) is 3.74. The van der Waals surface area contributed by atoms with Crippen molar-refractivity contribution >= 4 is 11.6 Å². The van der Waals surface area contributed by atoms with Crippen LogP contribution in [0, 0.1) is 0 Å². The van der Waals surface area contributed by atoms with E-state index in [9.17, 15) is 0 Å². The molecule has 66 valence electrons. The van der Waals surface area contributed by atoms with Gasteiger partial charge in [-0.1, -0.05) is 17.7 Å². The van der Waals surface area contributed by atoms with E-state index in [0.29, 0.717) is 5.15 Å². The van der Waals surface area contributed by atoms with Crippen LogP contribution < -0.4 is 5.32 Å². The number of nitrogens with zero attached hydrogens (tertiary/aromatic N) is 2. The van der Waals surface area contributed by atoms with Gasteiger partial charge in [0, 0.05) is 20.1 Å². The van der Waals surface area contributed by atoms with Crippen molar-refractivity contribution in [1.82, 2.24) is 15.1 Å². The zero-order valence-electron chi connectivity index (χ0n) is 7.05. The Labute approximate surface area is 77.0 Å². The van der Waals surface area contributed by atoms with Gasteiger partial charge >= 0.3 is 0 Å². The third-order valence-electron chi connectivity index (χ3n) is 1.54. The minimum absolute atomic E-state index is 0.535. The summed E-state index contributed by atoms with van der Waals surface area (Å²) in [5.41, 5.74) is 1.07. The summed E-state index contributed by atoms with van der Waals surface area (Å²) in [4.78, 5) is 0. The molecule has 4 heteroatoms. The maximum atomic E-state index is 5.70. The average molecular weight is 186 g/mol. The molecule has 0 amide bonds. The van der Waals surface area contributed by atoms with Crippen LogP contribution in [-0.2, 0) is 13.6 Å². The van der Waals surface area contributed by atoms with Gasteiger partial charge in [0.15, 0.2) is 5.15 Å². The molecule has 0 radical (unpaired) electrons. The Balaban J connectivity index is 2.50. The van der Waals surface area contributed by atoms with Gasteiger partial charge in [0.25, 0.3) is 0 Å². The zero-order chi connectivity index (χ0) is 8.97. The van der Waals surface area contributed by atoms with E-state index in [0.717, 1.165) is 18.8 Å². The smallest absolute Gasteiger partial charge is 0.151 e. The standard InChI is InChI=1S/C8H12ClN3/c1-3-4-10-6-7-5-8(9)11-12(7)2/h3,5,10H,1,4,6H2,2H3. The Morgan fingerprint density at radius 2 is 2.58 bits per heavy atom. The highest BCUT2D eigenvalue weighted by Crippen LogP contribution is 2.07. The molecule has 0 atom stereocenters. The minimum atomic E-state index is 0.535. The molecular weight excluding hydrogens is 174 g/mol. The summed E-state index contributed by atoms with van der Waals surface area (Å²) in [5.74, 6) is 0. The summed E-state index contributed by atoms with van der Waals surface area (Å²) < 4.78 is 1.76. The minimum Gasteiger partial charge on any atom is -0.308 e. The maximum absolute atomic E-state index is 5.70. The van der Waals surface area contributed by atoms with E-state index in [1.807, 2.05) is 19.2 Å². The predicted molar refractivity (Wildman–Crippen MR) is 50.1 cm³/mol. The van der Waals surface area contributed by atoms with E-state index in [2.05, 4.69) is 17.0 Å². The molecule has 0 aromatic carbocycles. The zero-order valence-corrected chi connectivity index (χ0v) is 7.80. The van der Waals surface area contributed by atoms with E-state index in [1.54, 1.807) is 4.68 Å². The SMILES string of the molecule is C=CCNCc1cc(Cl)nn1C. The maximum Gasteiger partial charge on any atom is 0.151 e. The van der Waals surface area contributed by atoms with E-state index < -0.39 is 0 Å². The summed E-state index contributed by atoms with van der Waals surface area (Å²) in [6, 6.07) is 1.84. The van der Waals surface area contributed by atoms with Crippen molar-refractivity contribution in [2.75, 3.05) is 6.54 Å². The molecule has 0 aliphatic heterocycles. The van der Waals surface area contributed by atoms with Gasteiger partial charge in [0.1, 0.15) is 0 Å². The lowest BCUT2D eigenvalue weighted by Gasteiger charge is -2.00. The Bertz CT molecular complexity index is 267. The lowest BCUT2D eigenvalue weighted by atomic mass is 10.4. The van der Waals surface area contributed by atoms with Crippen LogP contribution in [0.15, 0.2) is 18.7 Å². The van der Waals surface area contributed by atoms with Crippen molar-refractivity contribution in [3.05, 3.63) is 29.6 Å². The highest BCUT2D eigenvalue weighted by Gasteiger charge is 2.00. The van der Waals surface area contributed by atoms with Crippen molar-refractivity contribution in [3.63, 3.8) is 0 Å². The topological polar surface area (TPSA) is 29.9 Å². The van der Waals surface area contributed by atoms with Gasteiger partial charge in [-0.15, -0.1) is 6.58 Å². The number of hydrogen-bond donors (Lipinski definition) is 1. The van der Waals surface area contributed by atoms with Crippen LogP contribution >= 0.6 is 11.6 Å². The van der Waals surface area contributed by atoms with Gasteiger partial charge in [0.05, 0.1) is 5.69 Å². The van der Waals surface area contributed by atoms with Crippen LogP contribution in [0.4, 0.5) is 0 Å². The number of aryl methyl sites for hydroxylation is 1. The summed E-state index contributed by atoms with van der Waals surface area (Å²) in [5, 5.41) is 7.71. The molecule has 0 aliphatic rings. The fraction of sp³-hybridized carbons (Fsp3) is 0.375. The number of aromatic nitrogens is 2. The van der Waals surface area contributed by atoms with Crippen molar-refractivity contribution in [1.29, 1.82) is 0 Å². The van der Waals surface area contributed by atoms with E-state index in [4.69, 9.17) is 11.6 Å². The molecular formula is C8H12ClN3. The quantitative estimate of drug-likeness (QED) is 0.567. The van der Waals surface area contributed by atoms with Gasteiger partial charge in [-0.3, -0.25) is 4.68 Å². The number of halogens is 1. The van der Waals surface area contributed by atoms with Crippen molar-refractivity contribution in [3.8, 4) is 0 Å². The molecule has 1 aromatic rings. The summed E-state index contributed by atoms with van der Waals surface area (Å²) in [6.45, 7) is 5.17. The summed E-state index contributed by atoms with van der Waals surface area (Å²) in [7, 11) is 1.87. The van der Waals surface area contributed by atoms with E-state index in [1.165, 1.54) is 0 Å². The lowest BCUT2D eigenvalue weighted by molar-refractivity contribution is 0.655. The van der Waals surface area contributed by atoms with Crippen molar-refractivity contribution in [2.24, 2.45) is 7.05 Å². The van der Waals surface area contributed by atoms with Crippen LogP contribution in [0.5, 0.6) is 0 Å². The normalized spacial score (nSPS) is 10.2. The van der Waals surface area contributed by atoms with Gasteiger partial charge < -0.3 is 5.32 Å². The van der Waals surface area contributed by atoms with Gasteiger partial charge in [-0.25, -0.2) is 0 Å². The van der Waals surface area contributed by atoms with Crippen LogP contribution in [0.3, 0.4) is 0 Å². The molecule has 1 N–H and O–H groups in total. The first kappa shape index (κ1) is 9.29. The third-order valence-corrected chi connectivity index (χ3v) is 1.73. The fourth-order valence-electron chi connectivity index (χ4n) is 0.935. The number of nitrogens with one attached hydrogen (secondary N) is 1. The largest absolute Gasteiger partial charge is 0.308 e. The second-order valence-electron chi connectivity index (χ2n) is 2.50. The number of hydrogen-bond acceptors (Lipinski definition) is 2. The first-order valence-corrected chi connectivity index (χ1v) is 4.12. The van der Waals surface area contributed by atoms with Crippen LogP contribution in [0.2, 0.25) is 5.15 Å².